The number of ether oxygens (including phenoxy) is 1. The number of alkyl halides is 2. The predicted molar refractivity (Wildman–Crippen MR) is 117 cm³/mol. The maximum absolute atomic E-state index is 13.6. The maximum Gasteiger partial charge on any atom is 0.388 e. The average molecular weight is 446 g/mol. The molecule has 0 spiro atoms. The Kier molecular flexibility index (Phi) is 6.78. The van der Waals surface area contributed by atoms with Gasteiger partial charge in [0.1, 0.15) is 11.1 Å². The zero-order valence-corrected chi connectivity index (χ0v) is 18.6. The van der Waals surface area contributed by atoms with Crippen molar-refractivity contribution in [2.24, 2.45) is 5.73 Å². The van der Waals surface area contributed by atoms with Gasteiger partial charge < -0.3 is 20.7 Å². The second-order valence-electron chi connectivity index (χ2n) is 8.45. The summed E-state index contributed by atoms with van der Waals surface area (Å²) >= 11 is 0. The molecule has 1 saturated heterocycles. The Morgan fingerprint density at radius 1 is 1.16 bits per heavy atom. The molecule has 0 unspecified atom stereocenters. The lowest BCUT2D eigenvalue weighted by Crippen LogP contribution is -2.68. The number of nitrogens with zero attached hydrogens (tertiary/aromatic N) is 2. The van der Waals surface area contributed by atoms with Gasteiger partial charge in [-0.1, -0.05) is 38.1 Å². The number of anilines is 1. The van der Waals surface area contributed by atoms with E-state index in [0.29, 0.717) is 5.69 Å². The van der Waals surface area contributed by atoms with Crippen LogP contribution in [0.4, 0.5) is 14.5 Å². The van der Waals surface area contributed by atoms with Crippen LogP contribution in [-0.2, 0) is 15.0 Å². The average Bonchev–Trinajstić information content (AvgIpc) is 2.68. The Labute approximate surface area is 185 Å². The standard InChI is InChI=1S/C23H28F2N4O3/c1-13(2)16-7-5-6-8-17(16)23(11-29(12-23)20(30)15(4)26)21(31)28-18-10-9-14(3)27-19(18)32-22(24)25/h5-10,13,15,22H,11-12,26H2,1-4H3,(H,28,31)/t15-/m0/s1. The zero-order chi connectivity index (χ0) is 23.6. The van der Waals surface area contributed by atoms with E-state index in [1.165, 1.54) is 11.0 Å². The van der Waals surface area contributed by atoms with Gasteiger partial charge in [0.15, 0.2) is 0 Å². The van der Waals surface area contributed by atoms with Gasteiger partial charge in [-0.05, 0) is 43.0 Å². The van der Waals surface area contributed by atoms with Crippen molar-refractivity contribution in [1.82, 2.24) is 9.88 Å². The predicted octanol–water partition coefficient (Wildman–Crippen LogP) is 3.18. The Hall–Kier alpha value is -3.07. The summed E-state index contributed by atoms with van der Waals surface area (Å²) < 4.78 is 30.3. The van der Waals surface area contributed by atoms with Gasteiger partial charge in [-0.25, -0.2) is 4.98 Å². The molecule has 7 nitrogen and oxygen atoms in total. The minimum atomic E-state index is -3.08. The first-order valence-corrected chi connectivity index (χ1v) is 10.4. The molecule has 3 rings (SSSR count). The molecule has 3 N–H and O–H groups in total. The van der Waals surface area contributed by atoms with Crippen LogP contribution in [0, 0.1) is 6.92 Å². The van der Waals surface area contributed by atoms with E-state index in [9.17, 15) is 18.4 Å². The quantitative estimate of drug-likeness (QED) is 0.681. The number of hydrogen-bond acceptors (Lipinski definition) is 5. The Balaban J connectivity index is 2.00. The molecule has 2 aromatic rings. The lowest BCUT2D eigenvalue weighted by Gasteiger charge is -2.50. The summed E-state index contributed by atoms with van der Waals surface area (Å²) in [4.78, 5) is 31.5. The molecule has 32 heavy (non-hydrogen) atoms. The second kappa shape index (κ2) is 9.20. The van der Waals surface area contributed by atoms with Gasteiger partial charge in [-0.3, -0.25) is 9.59 Å². The van der Waals surface area contributed by atoms with Gasteiger partial charge in [-0.2, -0.15) is 8.78 Å². The number of halogens is 2. The SMILES string of the molecule is Cc1ccc(NC(=O)C2(c3ccccc3C(C)C)CN(C(=O)[C@H](C)N)C2)c(OC(F)F)n1. The summed E-state index contributed by atoms with van der Waals surface area (Å²) in [6, 6.07) is 9.93. The number of pyridine rings is 1. The van der Waals surface area contributed by atoms with E-state index in [4.69, 9.17) is 5.73 Å². The summed E-state index contributed by atoms with van der Waals surface area (Å²) in [5.41, 5.74) is 6.96. The van der Waals surface area contributed by atoms with E-state index in [1.807, 2.05) is 38.1 Å². The first-order chi connectivity index (χ1) is 15.0. The van der Waals surface area contributed by atoms with Crippen LogP contribution in [0.25, 0.3) is 0 Å². The molecular weight excluding hydrogens is 418 g/mol. The zero-order valence-electron chi connectivity index (χ0n) is 18.6. The highest BCUT2D eigenvalue weighted by Gasteiger charge is 2.53. The lowest BCUT2D eigenvalue weighted by molar-refractivity contribution is -0.144. The second-order valence-corrected chi connectivity index (χ2v) is 8.45. The van der Waals surface area contributed by atoms with E-state index in [0.717, 1.165) is 11.1 Å². The molecule has 1 fully saturated rings. The highest BCUT2D eigenvalue weighted by Crippen LogP contribution is 2.40. The molecule has 0 bridgehead atoms. The number of likely N-dealkylation sites (tertiary alicyclic amines) is 1. The van der Waals surface area contributed by atoms with Gasteiger partial charge in [-0.15, -0.1) is 0 Å². The maximum atomic E-state index is 13.6. The number of aromatic nitrogens is 1. The summed E-state index contributed by atoms with van der Waals surface area (Å²) in [5, 5.41) is 2.71. The fourth-order valence-corrected chi connectivity index (χ4v) is 3.97. The van der Waals surface area contributed by atoms with Gasteiger partial charge in [0, 0.05) is 18.8 Å². The van der Waals surface area contributed by atoms with E-state index in [2.05, 4.69) is 15.0 Å². The first kappa shape index (κ1) is 23.6. The van der Waals surface area contributed by atoms with Gasteiger partial charge in [0.05, 0.1) is 6.04 Å². The monoisotopic (exact) mass is 446 g/mol. The van der Waals surface area contributed by atoms with Crippen molar-refractivity contribution < 1.29 is 23.1 Å². The molecule has 9 heteroatoms. The number of aryl methyl sites for hydroxylation is 1. The Morgan fingerprint density at radius 2 is 1.81 bits per heavy atom. The molecular formula is C23H28F2N4O3. The number of amides is 2. The molecule has 1 aromatic heterocycles. The smallest absolute Gasteiger partial charge is 0.388 e. The van der Waals surface area contributed by atoms with Crippen molar-refractivity contribution in [3.63, 3.8) is 0 Å². The molecule has 1 aliphatic heterocycles. The largest absolute Gasteiger partial charge is 0.415 e. The minimum absolute atomic E-state index is 0.0410. The van der Waals surface area contributed by atoms with Crippen LogP contribution >= 0.6 is 0 Å². The van der Waals surface area contributed by atoms with Gasteiger partial charge >= 0.3 is 6.61 Å². The molecule has 0 aliphatic carbocycles. The van der Waals surface area contributed by atoms with E-state index >= 15 is 0 Å². The highest BCUT2D eigenvalue weighted by atomic mass is 19.3. The number of nitrogens with two attached hydrogens (primary N) is 1. The molecule has 1 aromatic carbocycles. The van der Waals surface area contributed by atoms with Crippen molar-refractivity contribution in [2.45, 2.75) is 51.7 Å². The van der Waals surface area contributed by atoms with Crippen LogP contribution < -0.4 is 15.8 Å². The van der Waals surface area contributed by atoms with Crippen LogP contribution in [-0.4, -0.2) is 47.4 Å². The van der Waals surface area contributed by atoms with Crippen LogP contribution in [0.2, 0.25) is 0 Å². The van der Waals surface area contributed by atoms with Crippen molar-refractivity contribution in [1.29, 1.82) is 0 Å². The molecule has 0 saturated carbocycles. The number of hydrogen-bond donors (Lipinski definition) is 2. The number of carbonyl (C=O) groups is 2. The van der Waals surface area contributed by atoms with Crippen molar-refractivity contribution in [2.75, 3.05) is 18.4 Å². The number of rotatable bonds is 7. The third-order valence-corrected chi connectivity index (χ3v) is 5.60. The normalized spacial score (nSPS) is 16.0. The molecule has 1 aliphatic rings. The third-order valence-electron chi connectivity index (χ3n) is 5.60. The summed E-state index contributed by atoms with van der Waals surface area (Å²) in [7, 11) is 0. The van der Waals surface area contributed by atoms with Crippen molar-refractivity contribution in [3.05, 3.63) is 53.2 Å². The highest BCUT2D eigenvalue weighted by molar-refractivity contribution is 6.03. The Morgan fingerprint density at radius 3 is 2.41 bits per heavy atom. The molecule has 1 atom stereocenters. The van der Waals surface area contributed by atoms with Gasteiger partial charge in [0.2, 0.25) is 17.7 Å². The number of carbonyl (C=O) groups excluding carboxylic acids is 2. The van der Waals surface area contributed by atoms with Crippen LogP contribution in [0.15, 0.2) is 36.4 Å². The topological polar surface area (TPSA) is 97.6 Å². The number of nitrogens with one attached hydrogen (secondary N) is 1. The van der Waals surface area contributed by atoms with Gasteiger partial charge in [0.25, 0.3) is 0 Å². The van der Waals surface area contributed by atoms with E-state index < -0.39 is 24.0 Å². The third kappa shape index (κ3) is 4.57. The molecule has 2 heterocycles. The van der Waals surface area contributed by atoms with Crippen LogP contribution in [0.3, 0.4) is 0 Å². The minimum Gasteiger partial charge on any atom is -0.415 e. The Bertz CT molecular complexity index is 1000. The van der Waals surface area contributed by atoms with Crippen molar-refractivity contribution >= 4 is 17.5 Å². The number of benzene rings is 1. The lowest BCUT2D eigenvalue weighted by atomic mass is 9.69. The van der Waals surface area contributed by atoms with Crippen LogP contribution in [0.1, 0.15) is 43.5 Å². The summed E-state index contributed by atoms with van der Waals surface area (Å²) in [6.07, 6.45) is 0. The van der Waals surface area contributed by atoms with Crippen LogP contribution in [0.5, 0.6) is 5.88 Å². The first-order valence-electron chi connectivity index (χ1n) is 10.4. The van der Waals surface area contributed by atoms with E-state index in [1.54, 1.807) is 19.9 Å². The van der Waals surface area contributed by atoms with Crippen molar-refractivity contribution in [3.8, 4) is 5.88 Å². The summed E-state index contributed by atoms with van der Waals surface area (Å²) in [5.74, 6) is -0.908. The fraction of sp³-hybridized carbons (Fsp3) is 0.435. The van der Waals surface area contributed by atoms with E-state index in [-0.39, 0.29) is 36.5 Å². The molecule has 0 radical (unpaired) electrons. The fourth-order valence-electron chi connectivity index (χ4n) is 3.97. The molecule has 2 amide bonds. The molecule has 172 valence electrons. The summed E-state index contributed by atoms with van der Waals surface area (Å²) in [6.45, 7) is 4.45.